The van der Waals surface area contributed by atoms with Crippen molar-refractivity contribution >= 4 is 5.97 Å². The molecule has 1 rings (SSSR count). The van der Waals surface area contributed by atoms with Gasteiger partial charge in [-0.3, -0.25) is 4.79 Å². The molecule has 3 N–H and O–H groups in total. The lowest BCUT2D eigenvalue weighted by molar-refractivity contribution is -0.151. The maximum absolute atomic E-state index is 11.1. The Bertz CT molecular complexity index is 385. The predicted octanol–water partition coefficient (Wildman–Crippen LogP) is 0.439. The van der Waals surface area contributed by atoms with Crippen molar-refractivity contribution < 1.29 is 14.4 Å². The van der Waals surface area contributed by atoms with Crippen LogP contribution in [0.3, 0.4) is 0 Å². The third kappa shape index (κ3) is 5.13. The summed E-state index contributed by atoms with van der Waals surface area (Å²) in [6.07, 6.45) is 0.282. The maximum atomic E-state index is 11.1. The molecule has 0 saturated carbocycles. The minimum atomic E-state index is -0.380. The van der Waals surface area contributed by atoms with E-state index in [1.54, 1.807) is 7.11 Å². The van der Waals surface area contributed by atoms with Crippen LogP contribution in [0.5, 0.6) is 5.75 Å². The zero-order valence-corrected chi connectivity index (χ0v) is 10.7. The molecule has 6 nitrogen and oxygen atoms in total. The molecule has 6 heteroatoms. The van der Waals surface area contributed by atoms with E-state index < -0.39 is 0 Å². The van der Waals surface area contributed by atoms with Crippen molar-refractivity contribution in [2.75, 3.05) is 20.7 Å². The van der Waals surface area contributed by atoms with Crippen molar-refractivity contribution in [1.29, 1.82) is 0 Å². The van der Waals surface area contributed by atoms with Gasteiger partial charge in [-0.2, -0.15) is 0 Å². The van der Waals surface area contributed by atoms with Crippen molar-refractivity contribution in [2.45, 2.75) is 13.0 Å². The monoisotopic (exact) mass is 253 g/mol. The Morgan fingerprint density at radius 2 is 2.28 bits per heavy atom. The lowest BCUT2D eigenvalue weighted by Crippen LogP contribution is -2.29. The van der Waals surface area contributed by atoms with Crippen LogP contribution >= 0.6 is 0 Å². The third-order valence-electron chi connectivity index (χ3n) is 2.46. The van der Waals surface area contributed by atoms with E-state index in [9.17, 15) is 4.79 Å². The van der Waals surface area contributed by atoms with Crippen LogP contribution in [0.2, 0.25) is 0 Å². The van der Waals surface area contributed by atoms with E-state index in [4.69, 9.17) is 10.6 Å². The number of hydrogen-bond donors (Lipinski definition) is 2. The van der Waals surface area contributed by atoms with Gasteiger partial charge in [0.2, 0.25) is 0 Å². The fraction of sp³-hybridized carbons (Fsp3) is 0.417. The molecule has 1 aromatic carbocycles. The van der Waals surface area contributed by atoms with Gasteiger partial charge in [-0.1, -0.05) is 17.7 Å². The van der Waals surface area contributed by atoms with E-state index in [1.165, 1.54) is 0 Å². The average molecular weight is 253 g/mol. The lowest BCUT2D eigenvalue weighted by atomic mass is 10.2. The lowest BCUT2D eigenvalue weighted by Gasteiger charge is -2.16. The van der Waals surface area contributed by atoms with Crippen LogP contribution in [0, 0.1) is 0 Å². The van der Waals surface area contributed by atoms with Crippen LogP contribution in [0.4, 0.5) is 0 Å². The first kappa shape index (κ1) is 14.4. The average Bonchev–Trinajstić information content (AvgIpc) is 2.37. The molecule has 18 heavy (non-hydrogen) atoms. The van der Waals surface area contributed by atoms with Gasteiger partial charge in [-0.25, -0.2) is 5.84 Å². The van der Waals surface area contributed by atoms with Crippen molar-refractivity contribution in [3.8, 4) is 5.75 Å². The highest BCUT2D eigenvalue weighted by Gasteiger charge is 2.06. The summed E-state index contributed by atoms with van der Waals surface area (Å²) in [4.78, 5) is 17.5. The molecular weight excluding hydrogens is 234 g/mol. The first-order valence-corrected chi connectivity index (χ1v) is 5.62. The number of carbonyl (C=O) groups excluding carboxylic acids is 1. The normalized spacial score (nSPS) is 10.4. The second-order valence-corrected chi connectivity index (χ2v) is 3.93. The number of benzene rings is 1. The molecule has 0 amide bonds. The predicted molar refractivity (Wildman–Crippen MR) is 67.4 cm³/mol. The molecule has 0 bridgehead atoms. The highest BCUT2D eigenvalue weighted by Crippen LogP contribution is 2.13. The van der Waals surface area contributed by atoms with Gasteiger partial charge in [0.25, 0.3) is 0 Å². The molecule has 0 spiro atoms. The molecule has 0 unspecified atom stereocenters. The van der Waals surface area contributed by atoms with Crippen LogP contribution in [-0.2, 0) is 16.2 Å². The zero-order chi connectivity index (χ0) is 13.4. The fourth-order valence-corrected chi connectivity index (χ4v) is 1.56. The zero-order valence-electron chi connectivity index (χ0n) is 10.7. The number of methoxy groups -OCH3 is 1. The maximum Gasteiger partial charge on any atom is 0.327 e. The molecular formula is C12H19N3O3. The number of ether oxygens (including phenoxy) is 1. The van der Waals surface area contributed by atoms with Gasteiger partial charge >= 0.3 is 5.97 Å². The first-order valence-electron chi connectivity index (χ1n) is 5.62. The summed E-state index contributed by atoms with van der Waals surface area (Å²) in [6.45, 7) is 1.33. The molecule has 100 valence electrons. The largest absolute Gasteiger partial charge is 0.497 e. The van der Waals surface area contributed by atoms with Gasteiger partial charge in [0.1, 0.15) is 5.75 Å². The molecule has 0 aliphatic carbocycles. The smallest absolute Gasteiger partial charge is 0.327 e. The molecule has 0 radical (unpaired) electrons. The van der Waals surface area contributed by atoms with Crippen LogP contribution in [-0.4, -0.2) is 31.6 Å². The molecule has 0 atom stereocenters. The number of nitrogens with one attached hydrogen (secondary N) is 1. The second kappa shape index (κ2) is 7.65. The number of nitrogens with zero attached hydrogens (tertiary/aromatic N) is 1. The van der Waals surface area contributed by atoms with Crippen molar-refractivity contribution in [3.63, 3.8) is 0 Å². The SMILES string of the molecule is COc1cccc(CN(C)CCC(=O)ONN)c1. The molecule has 0 aliphatic rings. The number of hydrazine groups is 1. The van der Waals surface area contributed by atoms with Gasteiger partial charge in [0.15, 0.2) is 0 Å². The minimum absolute atomic E-state index is 0.282. The van der Waals surface area contributed by atoms with Crippen molar-refractivity contribution in [2.24, 2.45) is 5.84 Å². The van der Waals surface area contributed by atoms with Crippen LogP contribution in [0.1, 0.15) is 12.0 Å². The number of nitrogens with two attached hydrogens (primary N) is 1. The number of rotatable bonds is 7. The summed E-state index contributed by atoms with van der Waals surface area (Å²) in [5.41, 5.74) is 3.00. The summed E-state index contributed by atoms with van der Waals surface area (Å²) in [5.74, 6) is 5.32. The first-order chi connectivity index (χ1) is 8.65. The van der Waals surface area contributed by atoms with E-state index in [-0.39, 0.29) is 12.4 Å². The second-order valence-electron chi connectivity index (χ2n) is 3.93. The molecule has 0 aliphatic heterocycles. The summed E-state index contributed by atoms with van der Waals surface area (Å²) < 4.78 is 5.15. The topological polar surface area (TPSA) is 76.8 Å². The van der Waals surface area contributed by atoms with Gasteiger partial charge in [0, 0.05) is 13.1 Å². The van der Waals surface area contributed by atoms with E-state index in [2.05, 4.69) is 4.84 Å². The molecule has 0 fully saturated rings. The van der Waals surface area contributed by atoms with Crippen LogP contribution in [0.25, 0.3) is 0 Å². The summed E-state index contributed by atoms with van der Waals surface area (Å²) >= 11 is 0. The summed E-state index contributed by atoms with van der Waals surface area (Å²) in [7, 11) is 3.57. The van der Waals surface area contributed by atoms with Gasteiger partial charge < -0.3 is 14.5 Å². The van der Waals surface area contributed by atoms with Crippen LogP contribution < -0.4 is 16.2 Å². The van der Waals surface area contributed by atoms with E-state index in [1.807, 2.05) is 41.8 Å². The standard InChI is InChI=1S/C12H19N3O3/c1-15(7-6-12(16)18-14-13)9-10-4-3-5-11(8-10)17-2/h3-5,8,14H,6-7,9,13H2,1-2H3. The third-order valence-corrected chi connectivity index (χ3v) is 2.46. The highest BCUT2D eigenvalue weighted by atomic mass is 16.7. The number of hydrogen-bond acceptors (Lipinski definition) is 6. The molecule has 0 heterocycles. The van der Waals surface area contributed by atoms with E-state index in [0.717, 1.165) is 17.9 Å². The van der Waals surface area contributed by atoms with E-state index >= 15 is 0 Å². The van der Waals surface area contributed by atoms with E-state index in [0.29, 0.717) is 6.54 Å². The Labute approximate surface area is 107 Å². The Hall–Kier alpha value is -1.63. The van der Waals surface area contributed by atoms with Crippen molar-refractivity contribution in [3.05, 3.63) is 29.8 Å². The summed E-state index contributed by atoms with van der Waals surface area (Å²) in [6, 6.07) is 7.82. The highest BCUT2D eigenvalue weighted by molar-refractivity contribution is 5.69. The molecule has 0 saturated heterocycles. The summed E-state index contributed by atoms with van der Waals surface area (Å²) in [5, 5.41) is 0. The Morgan fingerprint density at radius 3 is 2.94 bits per heavy atom. The van der Waals surface area contributed by atoms with Crippen LogP contribution in [0.15, 0.2) is 24.3 Å². The fourth-order valence-electron chi connectivity index (χ4n) is 1.56. The molecule has 0 aromatic heterocycles. The minimum Gasteiger partial charge on any atom is -0.497 e. The Morgan fingerprint density at radius 1 is 1.50 bits per heavy atom. The van der Waals surface area contributed by atoms with Gasteiger partial charge in [-0.15, -0.1) is 0 Å². The van der Waals surface area contributed by atoms with Crippen molar-refractivity contribution in [1.82, 2.24) is 10.5 Å². The Kier molecular flexibility index (Phi) is 6.13. The van der Waals surface area contributed by atoms with Gasteiger partial charge in [-0.05, 0) is 24.7 Å². The molecule has 1 aromatic rings. The quantitative estimate of drug-likeness (QED) is 0.542. The van der Waals surface area contributed by atoms with Gasteiger partial charge in [0.05, 0.1) is 13.5 Å². The Balaban J connectivity index is 2.39. The number of carbonyl (C=O) groups is 1.